The second kappa shape index (κ2) is 7.15. The number of aromatic nitrogens is 2. The highest BCUT2D eigenvalue weighted by Crippen LogP contribution is 2.20. The molecule has 6 heteroatoms. The first-order valence-corrected chi connectivity index (χ1v) is 8.03. The minimum absolute atomic E-state index is 0.0448. The highest BCUT2D eigenvalue weighted by molar-refractivity contribution is 6.30. The molecule has 23 heavy (non-hydrogen) atoms. The molecule has 1 heterocycles. The van der Waals surface area contributed by atoms with Gasteiger partial charge in [0.1, 0.15) is 0 Å². The Morgan fingerprint density at radius 1 is 1.30 bits per heavy atom. The van der Waals surface area contributed by atoms with Crippen LogP contribution in [0.1, 0.15) is 30.8 Å². The summed E-state index contributed by atoms with van der Waals surface area (Å²) < 4.78 is 1.84. The normalized spacial score (nSPS) is 13.7. The van der Waals surface area contributed by atoms with Crippen LogP contribution in [0.5, 0.6) is 0 Å². The summed E-state index contributed by atoms with van der Waals surface area (Å²) in [5.74, 6) is -0.0448. The topological polar surface area (TPSA) is 72.9 Å². The number of rotatable bonds is 5. The molecular weight excluding hydrogens is 312 g/mol. The van der Waals surface area contributed by atoms with Gasteiger partial charge in [-0.1, -0.05) is 11.6 Å². The van der Waals surface area contributed by atoms with Gasteiger partial charge in [0.05, 0.1) is 17.8 Å². The van der Waals surface area contributed by atoms with E-state index in [4.69, 9.17) is 17.3 Å². The molecule has 2 atom stereocenters. The molecular formula is C17H23ClN4O. The minimum atomic E-state index is -0.0852. The number of nitrogens with zero attached hydrogens (tertiary/aromatic N) is 2. The zero-order valence-electron chi connectivity index (χ0n) is 13.9. The fourth-order valence-corrected chi connectivity index (χ4v) is 2.49. The lowest BCUT2D eigenvalue weighted by Crippen LogP contribution is -2.44. The van der Waals surface area contributed by atoms with Gasteiger partial charge in [0.15, 0.2) is 0 Å². The molecule has 0 aliphatic heterocycles. The summed E-state index contributed by atoms with van der Waals surface area (Å²) in [4.78, 5) is 12.2. The van der Waals surface area contributed by atoms with E-state index in [0.29, 0.717) is 11.4 Å². The summed E-state index contributed by atoms with van der Waals surface area (Å²) >= 11 is 5.93. The average Bonchev–Trinajstić information content (AvgIpc) is 2.76. The maximum atomic E-state index is 12.2. The minimum Gasteiger partial charge on any atom is -0.352 e. The first-order chi connectivity index (χ1) is 10.8. The van der Waals surface area contributed by atoms with Crippen LogP contribution in [0.15, 0.2) is 24.3 Å². The Labute approximate surface area is 141 Å². The van der Waals surface area contributed by atoms with E-state index in [1.165, 1.54) is 0 Å². The fourth-order valence-electron chi connectivity index (χ4n) is 2.36. The Hall–Kier alpha value is -1.85. The van der Waals surface area contributed by atoms with Gasteiger partial charge in [0, 0.05) is 28.4 Å². The molecule has 2 aromatic rings. The molecule has 0 bridgehead atoms. The highest BCUT2D eigenvalue weighted by atomic mass is 35.5. The predicted octanol–water partition coefficient (Wildman–Crippen LogP) is 2.54. The van der Waals surface area contributed by atoms with Gasteiger partial charge in [0.25, 0.3) is 0 Å². The second-order valence-electron chi connectivity index (χ2n) is 5.93. The van der Waals surface area contributed by atoms with Crippen molar-refractivity contribution in [2.45, 2.75) is 46.2 Å². The number of hydrogen-bond acceptors (Lipinski definition) is 3. The number of carbonyl (C=O) groups is 1. The van der Waals surface area contributed by atoms with Crippen LogP contribution in [-0.4, -0.2) is 27.8 Å². The van der Waals surface area contributed by atoms with E-state index in [1.54, 1.807) is 0 Å². The van der Waals surface area contributed by atoms with Crippen LogP contribution in [0.3, 0.4) is 0 Å². The van der Waals surface area contributed by atoms with Gasteiger partial charge in [-0.15, -0.1) is 0 Å². The summed E-state index contributed by atoms with van der Waals surface area (Å²) in [6.45, 7) is 7.66. The Bertz CT molecular complexity index is 691. The summed E-state index contributed by atoms with van der Waals surface area (Å²) in [5, 5.41) is 8.15. The quantitative estimate of drug-likeness (QED) is 0.882. The van der Waals surface area contributed by atoms with Gasteiger partial charge in [-0.25, -0.2) is 4.68 Å². The molecule has 0 radical (unpaired) electrons. The number of benzene rings is 1. The number of carbonyl (C=O) groups excluding carboxylic acids is 1. The van der Waals surface area contributed by atoms with Crippen LogP contribution in [0.25, 0.3) is 5.69 Å². The lowest BCUT2D eigenvalue weighted by molar-refractivity contribution is -0.121. The molecule has 2 unspecified atom stereocenters. The molecule has 5 nitrogen and oxygen atoms in total. The van der Waals surface area contributed by atoms with Crippen LogP contribution in [0.4, 0.5) is 0 Å². The van der Waals surface area contributed by atoms with E-state index in [9.17, 15) is 4.79 Å². The Balaban J connectivity index is 2.21. The highest BCUT2D eigenvalue weighted by Gasteiger charge is 2.18. The smallest absolute Gasteiger partial charge is 0.224 e. The molecule has 1 aromatic heterocycles. The van der Waals surface area contributed by atoms with E-state index in [2.05, 4.69) is 10.4 Å². The number of amides is 1. The summed E-state index contributed by atoms with van der Waals surface area (Å²) in [6.07, 6.45) is 0.294. The lowest BCUT2D eigenvalue weighted by atomic mass is 10.1. The Kier molecular flexibility index (Phi) is 5.44. The standard InChI is InChI=1S/C17H23ClN4O/c1-10(19)11(2)20-17(23)9-16-12(3)21-22(13(16)4)15-7-5-14(18)6-8-15/h5-8,10-11H,9,19H2,1-4H3,(H,20,23). The molecule has 0 aliphatic rings. The number of aryl methyl sites for hydroxylation is 1. The van der Waals surface area contributed by atoms with E-state index in [-0.39, 0.29) is 18.0 Å². The number of nitrogens with two attached hydrogens (primary N) is 1. The van der Waals surface area contributed by atoms with Crippen molar-refractivity contribution in [3.05, 3.63) is 46.2 Å². The summed E-state index contributed by atoms with van der Waals surface area (Å²) in [6, 6.07) is 7.31. The third kappa shape index (κ3) is 4.12. The predicted molar refractivity (Wildman–Crippen MR) is 93.0 cm³/mol. The van der Waals surface area contributed by atoms with Crippen molar-refractivity contribution in [3.8, 4) is 5.69 Å². The van der Waals surface area contributed by atoms with Gasteiger partial charge in [0.2, 0.25) is 5.91 Å². The third-order valence-corrected chi connectivity index (χ3v) is 4.28. The van der Waals surface area contributed by atoms with Crippen molar-refractivity contribution < 1.29 is 4.79 Å². The van der Waals surface area contributed by atoms with Crippen molar-refractivity contribution >= 4 is 17.5 Å². The van der Waals surface area contributed by atoms with Crippen LogP contribution in [0.2, 0.25) is 5.02 Å². The summed E-state index contributed by atoms with van der Waals surface area (Å²) in [7, 11) is 0. The molecule has 0 aliphatic carbocycles. The maximum Gasteiger partial charge on any atom is 0.224 e. The third-order valence-electron chi connectivity index (χ3n) is 4.03. The summed E-state index contributed by atoms with van der Waals surface area (Å²) in [5.41, 5.74) is 9.45. The van der Waals surface area contributed by atoms with E-state index in [0.717, 1.165) is 22.6 Å². The maximum absolute atomic E-state index is 12.2. The Morgan fingerprint density at radius 3 is 2.48 bits per heavy atom. The SMILES string of the molecule is Cc1nn(-c2ccc(Cl)cc2)c(C)c1CC(=O)NC(C)C(C)N. The van der Waals surface area contributed by atoms with Gasteiger partial charge in [-0.3, -0.25) is 4.79 Å². The monoisotopic (exact) mass is 334 g/mol. The van der Waals surface area contributed by atoms with Crippen LogP contribution in [-0.2, 0) is 11.2 Å². The molecule has 0 saturated carbocycles. The second-order valence-corrected chi connectivity index (χ2v) is 6.37. The van der Waals surface area contributed by atoms with Gasteiger partial charge in [-0.05, 0) is 52.0 Å². The van der Waals surface area contributed by atoms with Crippen LogP contribution in [0, 0.1) is 13.8 Å². The van der Waals surface area contributed by atoms with Gasteiger partial charge < -0.3 is 11.1 Å². The number of nitrogens with one attached hydrogen (secondary N) is 1. The van der Waals surface area contributed by atoms with Crippen molar-refractivity contribution in [1.82, 2.24) is 15.1 Å². The zero-order valence-corrected chi connectivity index (χ0v) is 14.7. The van der Waals surface area contributed by atoms with Crippen molar-refractivity contribution in [1.29, 1.82) is 0 Å². The Morgan fingerprint density at radius 2 is 1.91 bits per heavy atom. The fraction of sp³-hybridized carbons (Fsp3) is 0.412. The van der Waals surface area contributed by atoms with Crippen LogP contribution < -0.4 is 11.1 Å². The van der Waals surface area contributed by atoms with E-state index in [1.807, 2.05) is 56.6 Å². The average molecular weight is 335 g/mol. The molecule has 1 aromatic carbocycles. The first kappa shape index (κ1) is 17.5. The first-order valence-electron chi connectivity index (χ1n) is 7.65. The molecule has 0 saturated heterocycles. The largest absolute Gasteiger partial charge is 0.352 e. The zero-order chi connectivity index (χ0) is 17.1. The van der Waals surface area contributed by atoms with E-state index >= 15 is 0 Å². The molecule has 0 fully saturated rings. The number of halogens is 1. The van der Waals surface area contributed by atoms with Crippen molar-refractivity contribution in [2.24, 2.45) is 5.73 Å². The van der Waals surface area contributed by atoms with E-state index < -0.39 is 0 Å². The molecule has 1 amide bonds. The van der Waals surface area contributed by atoms with Gasteiger partial charge >= 0.3 is 0 Å². The number of hydrogen-bond donors (Lipinski definition) is 2. The van der Waals surface area contributed by atoms with Crippen LogP contribution >= 0.6 is 11.6 Å². The molecule has 2 rings (SSSR count). The molecule has 0 spiro atoms. The molecule has 124 valence electrons. The van der Waals surface area contributed by atoms with Crippen molar-refractivity contribution in [2.75, 3.05) is 0 Å². The van der Waals surface area contributed by atoms with Crippen molar-refractivity contribution in [3.63, 3.8) is 0 Å². The molecule has 3 N–H and O–H groups in total. The lowest BCUT2D eigenvalue weighted by Gasteiger charge is -2.17. The van der Waals surface area contributed by atoms with Gasteiger partial charge in [-0.2, -0.15) is 5.10 Å².